The number of aryl methyl sites for hydroxylation is 3. The minimum Gasteiger partial charge on any atom is -0.289 e. The second-order valence-electron chi connectivity index (χ2n) is 8.33. The van der Waals surface area contributed by atoms with E-state index in [1.54, 1.807) is 24.3 Å². The van der Waals surface area contributed by atoms with Gasteiger partial charge in [-0.05, 0) is 44.5 Å². The van der Waals surface area contributed by atoms with E-state index in [1.807, 2.05) is 43.9 Å². The van der Waals surface area contributed by atoms with Gasteiger partial charge in [-0.15, -0.1) is 0 Å². The fourth-order valence-electron chi connectivity index (χ4n) is 4.33. The normalized spacial score (nSPS) is 21.1. The molecule has 7 nitrogen and oxygen atoms in total. The molecule has 2 aliphatic rings. The third kappa shape index (κ3) is 4.03. The van der Waals surface area contributed by atoms with E-state index in [-0.39, 0.29) is 36.2 Å². The van der Waals surface area contributed by atoms with Crippen molar-refractivity contribution in [3.63, 3.8) is 0 Å². The van der Waals surface area contributed by atoms with Gasteiger partial charge in [0.15, 0.2) is 0 Å². The first-order chi connectivity index (χ1) is 14.7. The summed E-state index contributed by atoms with van der Waals surface area (Å²) in [5.74, 6) is -0.441. The second kappa shape index (κ2) is 8.18. The first-order valence-electron chi connectivity index (χ1n) is 10.4. The Morgan fingerprint density at radius 2 is 1.45 bits per heavy atom. The molecule has 0 aliphatic carbocycles. The molecule has 164 valence electrons. The molecule has 2 fully saturated rings. The molecule has 2 aliphatic heterocycles. The van der Waals surface area contributed by atoms with Gasteiger partial charge in [-0.3, -0.25) is 14.5 Å². The van der Waals surface area contributed by atoms with E-state index in [1.165, 1.54) is 9.21 Å². The van der Waals surface area contributed by atoms with Crippen LogP contribution in [0.3, 0.4) is 0 Å². The van der Waals surface area contributed by atoms with Gasteiger partial charge < -0.3 is 0 Å². The first-order valence-corrected chi connectivity index (χ1v) is 11.9. The molecule has 0 radical (unpaired) electrons. The zero-order valence-corrected chi connectivity index (χ0v) is 18.9. The SMILES string of the molecule is Cc1ccc(S(=O)(=O)N2CCN(C3CC(=O)N(c4ccc(C)cc4C)C3=O)CC2)cc1. The van der Waals surface area contributed by atoms with Gasteiger partial charge in [-0.1, -0.05) is 35.4 Å². The van der Waals surface area contributed by atoms with Gasteiger partial charge in [0.05, 0.1) is 23.0 Å². The Kier molecular flexibility index (Phi) is 5.72. The van der Waals surface area contributed by atoms with Gasteiger partial charge >= 0.3 is 0 Å². The van der Waals surface area contributed by atoms with Crippen LogP contribution in [0.5, 0.6) is 0 Å². The summed E-state index contributed by atoms with van der Waals surface area (Å²) in [5.41, 5.74) is 3.59. The molecule has 2 amide bonds. The van der Waals surface area contributed by atoms with E-state index in [0.29, 0.717) is 18.8 Å². The van der Waals surface area contributed by atoms with Crippen LogP contribution < -0.4 is 4.90 Å². The maximum Gasteiger partial charge on any atom is 0.251 e. The molecule has 2 saturated heterocycles. The Labute approximate surface area is 183 Å². The van der Waals surface area contributed by atoms with Crippen molar-refractivity contribution in [2.45, 2.75) is 38.1 Å². The predicted octanol–water partition coefficient (Wildman–Crippen LogP) is 2.25. The molecule has 4 rings (SSSR count). The van der Waals surface area contributed by atoms with Crippen LogP contribution in [0.2, 0.25) is 0 Å². The zero-order chi connectivity index (χ0) is 22.3. The first kappa shape index (κ1) is 21.7. The van der Waals surface area contributed by atoms with Crippen LogP contribution in [0.4, 0.5) is 5.69 Å². The quantitative estimate of drug-likeness (QED) is 0.680. The molecule has 0 spiro atoms. The van der Waals surface area contributed by atoms with E-state index in [9.17, 15) is 18.0 Å². The van der Waals surface area contributed by atoms with Crippen molar-refractivity contribution >= 4 is 27.5 Å². The lowest BCUT2D eigenvalue weighted by molar-refractivity contribution is -0.123. The van der Waals surface area contributed by atoms with Crippen molar-refractivity contribution in [2.75, 3.05) is 31.1 Å². The molecule has 0 aromatic heterocycles. The zero-order valence-electron chi connectivity index (χ0n) is 18.0. The minimum absolute atomic E-state index is 0.122. The summed E-state index contributed by atoms with van der Waals surface area (Å²) in [6.07, 6.45) is 0.122. The summed E-state index contributed by atoms with van der Waals surface area (Å²) in [5, 5.41) is 0. The monoisotopic (exact) mass is 441 g/mol. The molecular formula is C23H27N3O4S. The maximum absolute atomic E-state index is 13.1. The van der Waals surface area contributed by atoms with E-state index >= 15 is 0 Å². The average molecular weight is 442 g/mol. The molecule has 1 atom stereocenters. The lowest BCUT2D eigenvalue weighted by Gasteiger charge is -2.36. The van der Waals surface area contributed by atoms with Crippen LogP contribution in [0.15, 0.2) is 47.4 Å². The van der Waals surface area contributed by atoms with Crippen LogP contribution in [0, 0.1) is 20.8 Å². The third-order valence-electron chi connectivity index (χ3n) is 6.09. The number of piperazine rings is 1. The number of hydrogen-bond acceptors (Lipinski definition) is 5. The maximum atomic E-state index is 13.1. The Morgan fingerprint density at radius 1 is 0.839 bits per heavy atom. The van der Waals surface area contributed by atoms with Crippen molar-refractivity contribution in [3.05, 3.63) is 59.2 Å². The Bertz CT molecular complexity index is 1120. The minimum atomic E-state index is -3.57. The average Bonchev–Trinajstić information content (AvgIpc) is 3.03. The number of imide groups is 1. The molecule has 31 heavy (non-hydrogen) atoms. The fraction of sp³-hybridized carbons (Fsp3) is 0.391. The molecule has 2 heterocycles. The van der Waals surface area contributed by atoms with Crippen molar-refractivity contribution in [3.8, 4) is 0 Å². The van der Waals surface area contributed by atoms with Crippen LogP contribution in [-0.4, -0.2) is 61.7 Å². The van der Waals surface area contributed by atoms with E-state index in [0.717, 1.165) is 16.7 Å². The van der Waals surface area contributed by atoms with Gasteiger partial charge in [0.1, 0.15) is 0 Å². The van der Waals surface area contributed by atoms with Crippen molar-refractivity contribution in [1.82, 2.24) is 9.21 Å². The molecule has 2 aromatic carbocycles. The lowest BCUT2D eigenvalue weighted by Crippen LogP contribution is -2.53. The molecule has 2 aromatic rings. The van der Waals surface area contributed by atoms with Gasteiger partial charge in [-0.2, -0.15) is 4.31 Å². The Morgan fingerprint density at radius 3 is 2.06 bits per heavy atom. The van der Waals surface area contributed by atoms with Crippen LogP contribution in [0.25, 0.3) is 0 Å². The van der Waals surface area contributed by atoms with E-state index < -0.39 is 16.1 Å². The molecule has 8 heteroatoms. The van der Waals surface area contributed by atoms with Gasteiger partial charge in [-0.25, -0.2) is 13.3 Å². The number of carbonyl (C=O) groups is 2. The fourth-order valence-corrected chi connectivity index (χ4v) is 5.75. The molecule has 0 bridgehead atoms. The number of nitrogens with zero attached hydrogens (tertiary/aromatic N) is 3. The summed E-state index contributed by atoms with van der Waals surface area (Å²) < 4.78 is 27.3. The standard InChI is InChI=1S/C23H27N3O4S/c1-16-4-7-19(8-5-16)31(29,30)25-12-10-24(11-13-25)21-15-22(27)26(23(21)28)20-9-6-17(2)14-18(20)3/h4-9,14,21H,10-13,15H2,1-3H3. The van der Waals surface area contributed by atoms with Crippen molar-refractivity contribution in [2.24, 2.45) is 0 Å². The smallest absolute Gasteiger partial charge is 0.251 e. The Hall–Kier alpha value is -2.55. The Balaban J connectivity index is 1.46. The summed E-state index contributed by atoms with van der Waals surface area (Å²) in [6, 6.07) is 11.9. The predicted molar refractivity (Wildman–Crippen MR) is 118 cm³/mol. The number of benzene rings is 2. The van der Waals surface area contributed by atoms with Crippen LogP contribution >= 0.6 is 0 Å². The highest BCUT2D eigenvalue weighted by molar-refractivity contribution is 7.89. The summed E-state index contributed by atoms with van der Waals surface area (Å²) in [6.45, 7) is 7.18. The van der Waals surface area contributed by atoms with Crippen molar-refractivity contribution < 1.29 is 18.0 Å². The molecule has 1 unspecified atom stereocenters. The summed E-state index contributed by atoms with van der Waals surface area (Å²) in [7, 11) is -3.57. The van der Waals surface area contributed by atoms with Crippen LogP contribution in [0.1, 0.15) is 23.1 Å². The highest BCUT2D eigenvalue weighted by Gasteiger charge is 2.44. The summed E-state index contributed by atoms with van der Waals surface area (Å²) >= 11 is 0. The van der Waals surface area contributed by atoms with Gasteiger partial charge in [0, 0.05) is 26.2 Å². The summed E-state index contributed by atoms with van der Waals surface area (Å²) in [4.78, 5) is 29.3. The molecule has 0 N–H and O–H groups in total. The number of hydrogen-bond donors (Lipinski definition) is 0. The molecule has 0 saturated carbocycles. The van der Waals surface area contributed by atoms with E-state index in [2.05, 4.69) is 0 Å². The highest BCUT2D eigenvalue weighted by Crippen LogP contribution is 2.30. The number of rotatable bonds is 4. The van der Waals surface area contributed by atoms with E-state index in [4.69, 9.17) is 0 Å². The highest BCUT2D eigenvalue weighted by atomic mass is 32.2. The van der Waals surface area contributed by atoms with Crippen LogP contribution in [-0.2, 0) is 19.6 Å². The lowest BCUT2D eigenvalue weighted by atomic mass is 10.1. The van der Waals surface area contributed by atoms with Gasteiger partial charge in [0.2, 0.25) is 15.9 Å². The number of sulfonamides is 1. The van der Waals surface area contributed by atoms with Crippen molar-refractivity contribution in [1.29, 1.82) is 0 Å². The topological polar surface area (TPSA) is 78.0 Å². The third-order valence-corrected chi connectivity index (χ3v) is 8.00. The molecular weight excluding hydrogens is 414 g/mol. The second-order valence-corrected chi connectivity index (χ2v) is 10.3. The number of carbonyl (C=O) groups excluding carboxylic acids is 2. The number of amides is 2. The number of anilines is 1. The van der Waals surface area contributed by atoms with Gasteiger partial charge in [0.25, 0.3) is 5.91 Å². The largest absolute Gasteiger partial charge is 0.289 e.